The highest BCUT2D eigenvalue weighted by Crippen LogP contribution is 2.26. The molecule has 0 spiro atoms. The van der Waals surface area contributed by atoms with Crippen LogP contribution in [0.2, 0.25) is 0 Å². The number of carbonyl (C=O) groups excluding carboxylic acids is 1. The van der Waals surface area contributed by atoms with Crippen molar-refractivity contribution in [2.75, 3.05) is 44.7 Å². The predicted molar refractivity (Wildman–Crippen MR) is 88.5 cm³/mol. The second kappa shape index (κ2) is 9.00. The van der Waals surface area contributed by atoms with E-state index in [2.05, 4.69) is 35.6 Å². The maximum absolute atomic E-state index is 11.6. The van der Waals surface area contributed by atoms with E-state index in [0.717, 1.165) is 49.2 Å². The van der Waals surface area contributed by atoms with Crippen molar-refractivity contribution in [3.63, 3.8) is 0 Å². The summed E-state index contributed by atoms with van der Waals surface area (Å²) in [6, 6.07) is 0. The van der Waals surface area contributed by atoms with E-state index in [1.165, 1.54) is 7.11 Å². The van der Waals surface area contributed by atoms with Gasteiger partial charge in [0, 0.05) is 18.0 Å². The normalized spacial score (nSPS) is 11.0. The molecule has 1 rings (SSSR count). The summed E-state index contributed by atoms with van der Waals surface area (Å²) >= 11 is 1.56. The molecule has 5 nitrogen and oxygen atoms in total. The maximum Gasteiger partial charge on any atom is 0.357 e. The van der Waals surface area contributed by atoms with E-state index in [1.807, 2.05) is 6.92 Å². The molecular weight excluding hydrogens is 286 g/mol. The molecule has 0 unspecified atom stereocenters. The molecule has 0 amide bonds. The highest BCUT2D eigenvalue weighted by Gasteiger charge is 2.18. The van der Waals surface area contributed by atoms with Gasteiger partial charge in [-0.15, -0.1) is 11.3 Å². The van der Waals surface area contributed by atoms with Gasteiger partial charge in [0.05, 0.1) is 7.11 Å². The molecule has 0 saturated carbocycles. The summed E-state index contributed by atoms with van der Waals surface area (Å²) in [5.41, 5.74) is 0.444. The standard InChI is InChI=1S/C15H27N3O2S/c1-6-17(7-2)10-9-11-18(8-3)15-16-13(12(4)21-15)14(19)20-5/h6-11H2,1-5H3. The first-order valence-corrected chi connectivity index (χ1v) is 8.41. The van der Waals surface area contributed by atoms with Gasteiger partial charge in [0.15, 0.2) is 10.8 Å². The minimum absolute atomic E-state index is 0.353. The number of aromatic nitrogens is 1. The van der Waals surface area contributed by atoms with Crippen LogP contribution in [0.25, 0.3) is 0 Å². The highest BCUT2D eigenvalue weighted by atomic mass is 32.1. The quantitative estimate of drug-likeness (QED) is 0.656. The fraction of sp³-hybridized carbons (Fsp3) is 0.733. The zero-order chi connectivity index (χ0) is 15.8. The number of rotatable bonds is 9. The summed E-state index contributed by atoms with van der Waals surface area (Å²) in [5, 5.41) is 0.912. The Kier molecular flexibility index (Phi) is 7.67. The number of hydrogen-bond donors (Lipinski definition) is 0. The summed E-state index contributed by atoms with van der Waals surface area (Å²) in [6.45, 7) is 13.5. The average Bonchev–Trinajstić information content (AvgIpc) is 2.88. The summed E-state index contributed by atoms with van der Waals surface area (Å²) in [4.78, 5) is 21.6. The second-order valence-electron chi connectivity index (χ2n) is 4.85. The third kappa shape index (κ3) is 4.97. The van der Waals surface area contributed by atoms with Gasteiger partial charge in [0.25, 0.3) is 0 Å². The Balaban J connectivity index is 2.66. The van der Waals surface area contributed by atoms with Crippen LogP contribution in [0.4, 0.5) is 5.13 Å². The van der Waals surface area contributed by atoms with Crippen LogP contribution in [0.1, 0.15) is 42.6 Å². The van der Waals surface area contributed by atoms with E-state index >= 15 is 0 Å². The molecule has 0 aliphatic heterocycles. The molecule has 0 aliphatic carbocycles. The smallest absolute Gasteiger partial charge is 0.357 e. The van der Waals surface area contributed by atoms with Crippen LogP contribution in [-0.4, -0.2) is 55.7 Å². The minimum atomic E-state index is -0.353. The van der Waals surface area contributed by atoms with Gasteiger partial charge in [-0.2, -0.15) is 0 Å². The number of aryl methyl sites for hydroxylation is 1. The van der Waals surface area contributed by atoms with Crippen molar-refractivity contribution < 1.29 is 9.53 Å². The lowest BCUT2D eigenvalue weighted by atomic mass is 10.3. The Morgan fingerprint density at radius 2 is 1.86 bits per heavy atom. The SMILES string of the molecule is CCN(CC)CCCN(CC)c1nc(C(=O)OC)c(C)s1. The zero-order valence-corrected chi connectivity index (χ0v) is 14.6. The van der Waals surface area contributed by atoms with Crippen LogP contribution >= 0.6 is 11.3 Å². The van der Waals surface area contributed by atoms with E-state index in [9.17, 15) is 4.79 Å². The lowest BCUT2D eigenvalue weighted by Gasteiger charge is -2.23. The number of esters is 1. The molecule has 1 aromatic heterocycles. The van der Waals surface area contributed by atoms with E-state index < -0.39 is 0 Å². The molecule has 0 atom stereocenters. The molecule has 0 aliphatic rings. The highest BCUT2D eigenvalue weighted by molar-refractivity contribution is 7.15. The van der Waals surface area contributed by atoms with E-state index in [-0.39, 0.29) is 5.97 Å². The van der Waals surface area contributed by atoms with Crippen molar-refractivity contribution in [3.05, 3.63) is 10.6 Å². The van der Waals surface area contributed by atoms with Gasteiger partial charge in [0.2, 0.25) is 0 Å². The van der Waals surface area contributed by atoms with Crippen molar-refractivity contribution in [2.24, 2.45) is 0 Å². The van der Waals surface area contributed by atoms with Gasteiger partial charge in [-0.1, -0.05) is 13.8 Å². The van der Waals surface area contributed by atoms with Crippen molar-refractivity contribution in [2.45, 2.75) is 34.1 Å². The van der Waals surface area contributed by atoms with Crippen LogP contribution < -0.4 is 4.90 Å². The second-order valence-corrected chi connectivity index (χ2v) is 6.03. The first-order valence-electron chi connectivity index (χ1n) is 7.60. The molecule has 0 N–H and O–H groups in total. The Labute approximate surface area is 131 Å². The molecule has 120 valence electrons. The van der Waals surface area contributed by atoms with Crippen molar-refractivity contribution in [1.82, 2.24) is 9.88 Å². The average molecular weight is 313 g/mol. The van der Waals surface area contributed by atoms with Gasteiger partial charge in [0.1, 0.15) is 0 Å². The fourth-order valence-electron chi connectivity index (χ4n) is 2.22. The van der Waals surface area contributed by atoms with E-state index in [0.29, 0.717) is 5.69 Å². The molecule has 0 fully saturated rings. The number of methoxy groups -OCH3 is 1. The largest absolute Gasteiger partial charge is 0.464 e. The van der Waals surface area contributed by atoms with Crippen molar-refractivity contribution in [1.29, 1.82) is 0 Å². The number of hydrogen-bond acceptors (Lipinski definition) is 6. The van der Waals surface area contributed by atoms with Crippen LogP contribution in [0.3, 0.4) is 0 Å². The number of ether oxygens (including phenoxy) is 1. The minimum Gasteiger partial charge on any atom is -0.464 e. The van der Waals surface area contributed by atoms with Crippen molar-refractivity contribution >= 4 is 22.4 Å². The maximum atomic E-state index is 11.6. The predicted octanol–water partition coefficient (Wildman–Crippen LogP) is 2.80. The molecule has 0 radical (unpaired) electrons. The molecule has 0 saturated heterocycles. The summed E-state index contributed by atoms with van der Waals surface area (Å²) in [7, 11) is 1.39. The lowest BCUT2D eigenvalue weighted by Crippen LogP contribution is -2.30. The summed E-state index contributed by atoms with van der Waals surface area (Å²) < 4.78 is 4.77. The van der Waals surface area contributed by atoms with Crippen LogP contribution in [0.15, 0.2) is 0 Å². The summed E-state index contributed by atoms with van der Waals surface area (Å²) in [6.07, 6.45) is 1.10. The molecular formula is C15H27N3O2S. The Bertz CT molecular complexity index is 444. The molecule has 1 aromatic rings. The number of nitrogens with zero attached hydrogens (tertiary/aromatic N) is 3. The van der Waals surface area contributed by atoms with Crippen LogP contribution in [0, 0.1) is 6.92 Å². The first-order chi connectivity index (χ1) is 10.1. The lowest BCUT2D eigenvalue weighted by molar-refractivity contribution is 0.0594. The van der Waals surface area contributed by atoms with Crippen molar-refractivity contribution in [3.8, 4) is 0 Å². The van der Waals surface area contributed by atoms with Gasteiger partial charge in [-0.05, 0) is 39.9 Å². The van der Waals surface area contributed by atoms with E-state index in [1.54, 1.807) is 11.3 Å². The van der Waals surface area contributed by atoms with Crippen LogP contribution in [-0.2, 0) is 4.74 Å². The monoisotopic (exact) mass is 313 g/mol. The fourth-order valence-corrected chi connectivity index (χ4v) is 3.20. The summed E-state index contributed by atoms with van der Waals surface area (Å²) in [5.74, 6) is -0.353. The van der Waals surface area contributed by atoms with Gasteiger partial charge >= 0.3 is 5.97 Å². The van der Waals surface area contributed by atoms with Gasteiger partial charge < -0.3 is 14.5 Å². The Morgan fingerprint density at radius 3 is 2.38 bits per heavy atom. The Morgan fingerprint density at radius 1 is 1.19 bits per heavy atom. The number of thiazole rings is 1. The first kappa shape index (κ1) is 17.9. The van der Waals surface area contributed by atoms with E-state index in [4.69, 9.17) is 4.74 Å². The molecule has 6 heteroatoms. The molecule has 1 heterocycles. The molecule has 0 bridgehead atoms. The van der Waals surface area contributed by atoms with Gasteiger partial charge in [-0.3, -0.25) is 0 Å². The number of anilines is 1. The zero-order valence-electron chi connectivity index (χ0n) is 13.8. The topological polar surface area (TPSA) is 45.7 Å². The van der Waals surface area contributed by atoms with Gasteiger partial charge in [-0.25, -0.2) is 9.78 Å². The molecule has 21 heavy (non-hydrogen) atoms. The Hall–Kier alpha value is -1.14. The number of carbonyl (C=O) groups is 1. The van der Waals surface area contributed by atoms with Crippen LogP contribution in [0.5, 0.6) is 0 Å². The third-order valence-electron chi connectivity index (χ3n) is 3.61. The molecule has 0 aromatic carbocycles. The third-order valence-corrected chi connectivity index (χ3v) is 4.64.